The Labute approximate surface area is 232 Å². The lowest BCUT2D eigenvalue weighted by atomic mass is 9.87. The number of H-pyrrole nitrogens is 1. The van der Waals surface area contributed by atoms with Gasteiger partial charge in [0.1, 0.15) is 5.82 Å². The quantitative estimate of drug-likeness (QED) is 0.241. The predicted octanol–water partition coefficient (Wildman–Crippen LogP) is 6.34. The minimum atomic E-state index is -1.10. The summed E-state index contributed by atoms with van der Waals surface area (Å²) in [7, 11) is 0. The van der Waals surface area contributed by atoms with Gasteiger partial charge in [-0.2, -0.15) is 5.10 Å². The molecule has 2 amide bonds. The van der Waals surface area contributed by atoms with E-state index in [-0.39, 0.29) is 23.5 Å². The van der Waals surface area contributed by atoms with E-state index in [0.717, 1.165) is 16.5 Å². The lowest BCUT2D eigenvalue weighted by molar-refractivity contribution is -0.122. The van der Waals surface area contributed by atoms with Crippen LogP contribution in [0.3, 0.4) is 0 Å². The second-order valence-corrected chi connectivity index (χ2v) is 10.7. The molecule has 40 heavy (non-hydrogen) atoms. The van der Waals surface area contributed by atoms with Gasteiger partial charge in [-0.15, -0.1) is 0 Å². The molecular formula is C32H31FN4O3. The first-order valence-electron chi connectivity index (χ1n) is 13.1. The molecule has 0 fully saturated rings. The highest BCUT2D eigenvalue weighted by atomic mass is 19.1. The van der Waals surface area contributed by atoms with Crippen molar-refractivity contribution in [1.82, 2.24) is 15.5 Å². The average Bonchev–Trinajstić information content (AvgIpc) is 3.62. The number of hydrogen-bond donors (Lipinski definition) is 2. The maximum Gasteiger partial charge on any atom is 0.295 e. The Hall–Kier alpha value is -4.72. The molecule has 1 atom stereocenters. The monoisotopic (exact) mass is 538 g/mol. The second kappa shape index (κ2) is 11.2. The van der Waals surface area contributed by atoms with Gasteiger partial charge >= 0.3 is 0 Å². The van der Waals surface area contributed by atoms with Crippen molar-refractivity contribution < 1.29 is 18.4 Å². The SMILES string of the molecule is CC(C)(C)c1ccc(N(C(=O)c2ccco2)C(C(=O)NCCc2cccc(F)c2)c2[nH]nc3ccccc23)cc1. The number of furan rings is 1. The minimum Gasteiger partial charge on any atom is -0.459 e. The number of nitrogens with one attached hydrogen (secondary N) is 2. The first-order valence-corrected chi connectivity index (χ1v) is 13.1. The number of carbonyl (C=O) groups is 2. The number of anilines is 1. The Bertz CT molecular complexity index is 1620. The fraction of sp³-hybridized carbons (Fsp3) is 0.219. The van der Waals surface area contributed by atoms with E-state index < -0.39 is 17.9 Å². The van der Waals surface area contributed by atoms with Crippen LogP contribution in [0.2, 0.25) is 0 Å². The minimum absolute atomic E-state index is 0.0956. The van der Waals surface area contributed by atoms with Gasteiger partial charge in [-0.3, -0.25) is 19.6 Å². The van der Waals surface area contributed by atoms with Crippen LogP contribution < -0.4 is 10.2 Å². The van der Waals surface area contributed by atoms with Gasteiger partial charge in [-0.1, -0.05) is 63.2 Å². The first kappa shape index (κ1) is 26.9. The number of aromatic nitrogens is 2. The summed E-state index contributed by atoms with van der Waals surface area (Å²) in [5, 5.41) is 11.1. The number of benzene rings is 3. The van der Waals surface area contributed by atoms with E-state index in [2.05, 4.69) is 36.3 Å². The van der Waals surface area contributed by atoms with Crippen LogP contribution in [-0.2, 0) is 16.6 Å². The van der Waals surface area contributed by atoms with Gasteiger partial charge in [0.25, 0.3) is 5.91 Å². The van der Waals surface area contributed by atoms with Gasteiger partial charge in [0.2, 0.25) is 5.91 Å². The van der Waals surface area contributed by atoms with Crippen molar-refractivity contribution in [3.63, 3.8) is 0 Å². The topological polar surface area (TPSA) is 91.2 Å². The molecule has 5 rings (SSSR count). The van der Waals surface area contributed by atoms with Gasteiger partial charge in [0, 0.05) is 17.6 Å². The molecule has 0 radical (unpaired) electrons. The van der Waals surface area contributed by atoms with Crippen molar-refractivity contribution >= 4 is 28.4 Å². The second-order valence-electron chi connectivity index (χ2n) is 10.7. The molecule has 1 unspecified atom stereocenters. The molecule has 8 heteroatoms. The van der Waals surface area contributed by atoms with E-state index in [0.29, 0.717) is 23.3 Å². The smallest absolute Gasteiger partial charge is 0.295 e. The summed E-state index contributed by atoms with van der Waals surface area (Å²) in [4.78, 5) is 29.4. The molecule has 0 aliphatic heterocycles. The van der Waals surface area contributed by atoms with E-state index in [1.54, 1.807) is 24.3 Å². The number of amides is 2. The van der Waals surface area contributed by atoms with Crippen molar-refractivity contribution in [3.8, 4) is 0 Å². The molecule has 0 saturated heterocycles. The van der Waals surface area contributed by atoms with Crippen LogP contribution in [0.25, 0.3) is 10.9 Å². The van der Waals surface area contributed by atoms with Crippen LogP contribution in [0.4, 0.5) is 10.1 Å². The summed E-state index contributed by atoms with van der Waals surface area (Å²) in [6.45, 7) is 6.58. The summed E-state index contributed by atoms with van der Waals surface area (Å²) >= 11 is 0. The summed E-state index contributed by atoms with van der Waals surface area (Å²) in [5.41, 5.74) is 3.41. The largest absolute Gasteiger partial charge is 0.459 e. The maximum atomic E-state index is 14.0. The van der Waals surface area contributed by atoms with E-state index in [4.69, 9.17) is 4.42 Å². The van der Waals surface area contributed by atoms with Crippen molar-refractivity contribution in [2.45, 2.75) is 38.6 Å². The molecule has 2 N–H and O–H groups in total. The zero-order chi connectivity index (χ0) is 28.3. The van der Waals surface area contributed by atoms with Gasteiger partial charge in [-0.25, -0.2) is 4.39 Å². The molecule has 7 nitrogen and oxygen atoms in total. The van der Waals surface area contributed by atoms with Gasteiger partial charge < -0.3 is 9.73 Å². The summed E-state index contributed by atoms with van der Waals surface area (Å²) in [6, 6.07) is 23.4. The molecule has 3 aromatic carbocycles. The number of fused-ring (bicyclic) bond motifs is 1. The number of halogens is 1. The molecule has 204 valence electrons. The number of nitrogens with zero attached hydrogens (tertiary/aromatic N) is 2. The highest BCUT2D eigenvalue weighted by Crippen LogP contribution is 2.34. The van der Waals surface area contributed by atoms with Crippen LogP contribution >= 0.6 is 0 Å². The van der Waals surface area contributed by atoms with Crippen LogP contribution in [0.5, 0.6) is 0 Å². The fourth-order valence-corrected chi connectivity index (χ4v) is 4.71. The molecule has 5 aromatic rings. The summed E-state index contributed by atoms with van der Waals surface area (Å²) < 4.78 is 19.2. The van der Waals surface area contributed by atoms with Crippen LogP contribution in [-0.4, -0.2) is 28.6 Å². The van der Waals surface area contributed by atoms with Crippen LogP contribution in [0.1, 0.15) is 54.2 Å². The van der Waals surface area contributed by atoms with E-state index in [1.807, 2.05) is 48.5 Å². The molecule has 0 aliphatic rings. The number of carbonyl (C=O) groups excluding carboxylic acids is 2. The van der Waals surface area contributed by atoms with Crippen molar-refractivity contribution in [2.75, 3.05) is 11.4 Å². The molecule has 0 saturated carbocycles. The number of hydrogen-bond acceptors (Lipinski definition) is 4. The van der Waals surface area contributed by atoms with Crippen LogP contribution in [0, 0.1) is 5.82 Å². The van der Waals surface area contributed by atoms with Gasteiger partial charge in [0.15, 0.2) is 11.8 Å². The van der Waals surface area contributed by atoms with Gasteiger partial charge in [0.05, 0.1) is 17.5 Å². The number of rotatable bonds is 8. The summed E-state index contributed by atoms with van der Waals surface area (Å²) in [5.74, 6) is -1.12. The first-order chi connectivity index (χ1) is 19.2. The van der Waals surface area contributed by atoms with Crippen molar-refractivity contribution in [1.29, 1.82) is 0 Å². The number of aromatic amines is 1. The standard InChI is InChI=1S/C32H31FN4O3/c1-32(2,3)22-13-15-24(16-14-22)37(31(39)27-12-7-19-40-27)29(28-25-10-4-5-11-26(25)35-36-28)30(38)34-18-17-21-8-6-9-23(33)20-21/h4-16,19-20,29H,17-18H2,1-3H3,(H,34,38)(H,35,36). The molecule has 2 heterocycles. The van der Waals surface area contributed by atoms with E-state index >= 15 is 0 Å². The van der Waals surface area contributed by atoms with Crippen molar-refractivity contribution in [3.05, 3.63) is 120 Å². The predicted molar refractivity (Wildman–Crippen MR) is 153 cm³/mol. The lowest BCUT2D eigenvalue weighted by Gasteiger charge is -2.31. The number of para-hydroxylation sites is 1. The summed E-state index contributed by atoms with van der Waals surface area (Å²) in [6.07, 6.45) is 1.85. The molecular weight excluding hydrogens is 507 g/mol. The Morgan fingerprint density at radius 3 is 2.48 bits per heavy atom. The Morgan fingerprint density at radius 1 is 1.00 bits per heavy atom. The molecule has 0 aliphatic carbocycles. The Balaban J connectivity index is 1.57. The zero-order valence-corrected chi connectivity index (χ0v) is 22.6. The third-order valence-corrected chi connectivity index (χ3v) is 6.84. The third-order valence-electron chi connectivity index (χ3n) is 6.84. The molecule has 0 spiro atoms. The lowest BCUT2D eigenvalue weighted by Crippen LogP contribution is -2.44. The van der Waals surface area contributed by atoms with E-state index in [1.165, 1.54) is 23.3 Å². The van der Waals surface area contributed by atoms with Gasteiger partial charge in [-0.05, 0) is 65.4 Å². The highest BCUT2D eigenvalue weighted by Gasteiger charge is 2.37. The Kier molecular flexibility index (Phi) is 7.51. The highest BCUT2D eigenvalue weighted by molar-refractivity contribution is 6.09. The third kappa shape index (κ3) is 5.66. The molecule has 0 bridgehead atoms. The van der Waals surface area contributed by atoms with E-state index in [9.17, 15) is 14.0 Å². The average molecular weight is 539 g/mol. The maximum absolute atomic E-state index is 14.0. The fourth-order valence-electron chi connectivity index (χ4n) is 4.71. The Morgan fingerprint density at radius 2 is 1.77 bits per heavy atom. The van der Waals surface area contributed by atoms with Crippen molar-refractivity contribution in [2.24, 2.45) is 0 Å². The zero-order valence-electron chi connectivity index (χ0n) is 22.6. The molecule has 2 aromatic heterocycles. The van der Waals surface area contributed by atoms with Crippen LogP contribution in [0.15, 0.2) is 95.6 Å². The normalized spacial score (nSPS) is 12.3.